The van der Waals surface area contributed by atoms with E-state index in [0.29, 0.717) is 32.9 Å². The Bertz CT molecular complexity index is 1250. The molecule has 0 aliphatic carbocycles. The molecule has 1 amide bonds. The van der Waals surface area contributed by atoms with Gasteiger partial charge in [-0.2, -0.15) is 5.26 Å². The molecule has 0 atom stereocenters. The third-order valence-corrected chi connectivity index (χ3v) is 5.44. The van der Waals surface area contributed by atoms with E-state index in [2.05, 4.69) is 5.32 Å². The summed E-state index contributed by atoms with van der Waals surface area (Å²) in [6.45, 7) is 0.733. The Kier molecular flexibility index (Phi) is 7.04. The number of amides is 1. The summed E-state index contributed by atoms with van der Waals surface area (Å²) in [4.78, 5) is 12.5. The molecule has 8 heteroatoms. The molecule has 0 bridgehead atoms. The van der Waals surface area contributed by atoms with Crippen LogP contribution < -0.4 is 19.5 Å². The predicted octanol–water partition coefficient (Wildman–Crippen LogP) is 5.52. The van der Waals surface area contributed by atoms with Gasteiger partial charge in [0.15, 0.2) is 11.5 Å². The SMILES string of the molecule is N#C/C(=C\c1ccc(OCc2ccc(Cl)cc2Cl)cc1)C(=O)NCc1ccc2c(c1)OCO2. The highest BCUT2D eigenvalue weighted by molar-refractivity contribution is 6.35. The van der Waals surface area contributed by atoms with E-state index < -0.39 is 5.91 Å². The molecule has 0 saturated carbocycles. The topological polar surface area (TPSA) is 80.6 Å². The fourth-order valence-electron chi connectivity index (χ4n) is 3.10. The number of ether oxygens (including phenoxy) is 3. The Morgan fingerprint density at radius 3 is 2.61 bits per heavy atom. The third kappa shape index (κ3) is 5.78. The number of carbonyl (C=O) groups excluding carboxylic acids is 1. The number of carbonyl (C=O) groups is 1. The highest BCUT2D eigenvalue weighted by atomic mass is 35.5. The maximum Gasteiger partial charge on any atom is 0.262 e. The van der Waals surface area contributed by atoms with Crippen LogP contribution in [-0.4, -0.2) is 12.7 Å². The van der Waals surface area contributed by atoms with E-state index in [4.69, 9.17) is 37.4 Å². The zero-order valence-corrected chi connectivity index (χ0v) is 18.8. The van der Waals surface area contributed by atoms with Gasteiger partial charge in [-0.1, -0.05) is 47.5 Å². The first-order valence-corrected chi connectivity index (χ1v) is 10.7. The van der Waals surface area contributed by atoms with E-state index >= 15 is 0 Å². The monoisotopic (exact) mass is 480 g/mol. The van der Waals surface area contributed by atoms with Crippen molar-refractivity contribution in [1.82, 2.24) is 5.32 Å². The van der Waals surface area contributed by atoms with Crippen LogP contribution in [0, 0.1) is 11.3 Å². The summed E-state index contributed by atoms with van der Waals surface area (Å²) in [6, 6.07) is 19.6. The van der Waals surface area contributed by atoms with Crippen LogP contribution in [-0.2, 0) is 17.9 Å². The van der Waals surface area contributed by atoms with Gasteiger partial charge in [-0.3, -0.25) is 4.79 Å². The molecule has 0 spiro atoms. The Morgan fingerprint density at radius 2 is 1.85 bits per heavy atom. The number of hydrogen-bond donors (Lipinski definition) is 1. The number of rotatable bonds is 7. The summed E-state index contributed by atoms with van der Waals surface area (Å²) >= 11 is 12.1. The number of halogens is 2. The second-order valence-electron chi connectivity index (χ2n) is 7.13. The molecule has 1 N–H and O–H groups in total. The van der Waals surface area contributed by atoms with Gasteiger partial charge in [-0.15, -0.1) is 0 Å². The lowest BCUT2D eigenvalue weighted by Crippen LogP contribution is -2.23. The Labute approximate surface area is 200 Å². The third-order valence-electron chi connectivity index (χ3n) is 4.86. The largest absolute Gasteiger partial charge is 0.489 e. The summed E-state index contributed by atoms with van der Waals surface area (Å²) in [5.74, 6) is 1.47. The smallest absolute Gasteiger partial charge is 0.262 e. The summed E-state index contributed by atoms with van der Waals surface area (Å²) in [5, 5.41) is 13.3. The summed E-state index contributed by atoms with van der Waals surface area (Å²) in [6.07, 6.45) is 1.52. The average molecular weight is 481 g/mol. The van der Waals surface area contributed by atoms with Gasteiger partial charge in [-0.05, 0) is 53.6 Å². The highest BCUT2D eigenvalue weighted by Crippen LogP contribution is 2.32. The summed E-state index contributed by atoms with van der Waals surface area (Å²) in [5.41, 5.74) is 2.35. The van der Waals surface area contributed by atoms with Crippen molar-refractivity contribution < 1.29 is 19.0 Å². The molecule has 4 rings (SSSR count). The molecule has 1 aliphatic heterocycles. The van der Waals surface area contributed by atoms with Crippen LogP contribution in [0.5, 0.6) is 17.2 Å². The quantitative estimate of drug-likeness (QED) is 0.355. The van der Waals surface area contributed by atoms with Gasteiger partial charge in [0, 0.05) is 22.2 Å². The van der Waals surface area contributed by atoms with Gasteiger partial charge in [0.2, 0.25) is 6.79 Å². The maximum absolute atomic E-state index is 12.5. The minimum Gasteiger partial charge on any atom is -0.489 e. The number of benzene rings is 3. The van der Waals surface area contributed by atoms with Crippen molar-refractivity contribution in [3.05, 3.63) is 93.0 Å². The molecule has 33 heavy (non-hydrogen) atoms. The Balaban J connectivity index is 1.35. The van der Waals surface area contributed by atoms with E-state index in [1.807, 2.05) is 18.2 Å². The first kappa shape index (κ1) is 22.5. The zero-order valence-electron chi connectivity index (χ0n) is 17.3. The normalized spacial score (nSPS) is 12.2. The van der Waals surface area contributed by atoms with Gasteiger partial charge in [-0.25, -0.2) is 0 Å². The number of nitrogens with one attached hydrogen (secondary N) is 1. The molecule has 1 aliphatic rings. The predicted molar refractivity (Wildman–Crippen MR) is 125 cm³/mol. The van der Waals surface area contributed by atoms with Crippen molar-refractivity contribution in [3.63, 3.8) is 0 Å². The van der Waals surface area contributed by atoms with Crippen molar-refractivity contribution in [1.29, 1.82) is 5.26 Å². The van der Waals surface area contributed by atoms with Crippen molar-refractivity contribution >= 4 is 35.2 Å². The van der Waals surface area contributed by atoms with Crippen molar-refractivity contribution in [2.75, 3.05) is 6.79 Å². The van der Waals surface area contributed by atoms with Crippen LogP contribution in [0.15, 0.2) is 66.2 Å². The molecule has 0 fully saturated rings. The molecular formula is C25H18Cl2N2O4. The van der Waals surface area contributed by atoms with Crippen LogP contribution >= 0.6 is 23.2 Å². The lowest BCUT2D eigenvalue weighted by molar-refractivity contribution is -0.117. The molecule has 0 radical (unpaired) electrons. The molecule has 166 valence electrons. The number of nitrogens with zero attached hydrogens (tertiary/aromatic N) is 1. The molecule has 0 saturated heterocycles. The molecule has 0 unspecified atom stereocenters. The molecule has 6 nitrogen and oxygen atoms in total. The van der Waals surface area contributed by atoms with E-state index in [1.165, 1.54) is 6.08 Å². The lowest BCUT2D eigenvalue weighted by atomic mass is 10.1. The lowest BCUT2D eigenvalue weighted by Gasteiger charge is -2.08. The summed E-state index contributed by atoms with van der Waals surface area (Å²) < 4.78 is 16.4. The minimum atomic E-state index is -0.465. The number of hydrogen-bond acceptors (Lipinski definition) is 5. The second kappa shape index (κ2) is 10.3. The van der Waals surface area contributed by atoms with Gasteiger partial charge >= 0.3 is 0 Å². The fraction of sp³-hybridized carbons (Fsp3) is 0.120. The van der Waals surface area contributed by atoms with Crippen LogP contribution in [0.25, 0.3) is 6.08 Å². The van der Waals surface area contributed by atoms with Crippen molar-refractivity contribution in [2.24, 2.45) is 0 Å². The number of fused-ring (bicyclic) bond motifs is 1. The highest BCUT2D eigenvalue weighted by Gasteiger charge is 2.14. The van der Waals surface area contributed by atoms with Gasteiger partial charge in [0.1, 0.15) is 24.0 Å². The van der Waals surface area contributed by atoms with Crippen LogP contribution in [0.4, 0.5) is 0 Å². The van der Waals surface area contributed by atoms with Crippen LogP contribution in [0.2, 0.25) is 10.0 Å². The second-order valence-corrected chi connectivity index (χ2v) is 7.98. The molecule has 3 aromatic rings. The van der Waals surface area contributed by atoms with E-state index in [0.717, 1.165) is 11.1 Å². The molecule has 0 aromatic heterocycles. The van der Waals surface area contributed by atoms with Gasteiger partial charge in [0.05, 0.1) is 0 Å². The van der Waals surface area contributed by atoms with Crippen molar-refractivity contribution in [3.8, 4) is 23.3 Å². The van der Waals surface area contributed by atoms with E-state index in [9.17, 15) is 10.1 Å². The van der Waals surface area contributed by atoms with Gasteiger partial charge < -0.3 is 19.5 Å². The van der Waals surface area contributed by atoms with E-state index in [1.54, 1.807) is 48.5 Å². The first-order chi connectivity index (χ1) is 16.0. The van der Waals surface area contributed by atoms with Gasteiger partial charge in [0.25, 0.3) is 5.91 Å². The maximum atomic E-state index is 12.5. The molecule has 3 aromatic carbocycles. The number of nitriles is 1. The standard InChI is InChI=1S/C25H18Cl2N2O4/c26-20-5-4-18(22(27)11-20)14-31-21-6-1-16(2-7-21)9-19(12-28)25(30)29-13-17-3-8-23-24(10-17)33-15-32-23/h1-11H,13-15H2,(H,29,30)/b19-9+. The average Bonchev–Trinajstić information content (AvgIpc) is 3.29. The minimum absolute atomic E-state index is 0.00245. The Hall–Kier alpha value is -3.66. The van der Waals surface area contributed by atoms with Crippen LogP contribution in [0.1, 0.15) is 16.7 Å². The van der Waals surface area contributed by atoms with Crippen LogP contribution in [0.3, 0.4) is 0 Å². The Morgan fingerprint density at radius 1 is 1.06 bits per heavy atom. The summed E-state index contributed by atoms with van der Waals surface area (Å²) in [7, 11) is 0. The fourth-order valence-corrected chi connectivity index (χ4v) is 3.57. The van der Waals surface area contributed by atoms with E-state index in [-0.39, 0.29) is 25.5 Å². The van der Waals surface area contributed by atoms with Crippen molar-refractivity contribution in [2.45, 2.75) is 13.2 Å². The molecule has 1 heterocycles. The molecular weight excluding hydrogens is 463 g/mol. The zero-order chi connectivity index (χ0) is 23.2. The first-order valence-electron chi connectivity index (χ1n) is 9.97.